The maximum absolute atomic E-state index is 5.75. The van der Waals surface area contributed by atoms with Gasteiger partial charge in [-0.3, -0.25) is 0 Å². The molecule has 0 saturated heterocycles. The van der Waals surface area contributed by atoms with Gasteiger partial charge in [0.15, 0.2) is 0 Å². The Labute approximate surface area is 107 Å². The lowest BCUT2D eigenvalue weighted by Crippen LogP contribution is -2.27. The molecule has 0 aliphatic heterocycles. The van der Waals surface area contributed by atoms with Gasteiger partial charge in [-0.2, -0.15) is 0 Å². The first kappa shape index (κ1) is 12.2. The van der Waals surface area contributed by atoms with Crippen molar-refractivity contribution in [2.75, 3.05) is 23.9 Å². The molecule has 2 rings (SSSR count). The number of fused-ring (bicyclic) bond motifs is 1. The fourth-order valence-corrected chi connectivity index (χ4v) is 2.19. The van der Waals surface area contributed by atoms with Crippen LogP contribution < -0.4 is 4.90 Å². The molecule has 0 aliphatic rings. The fraction of sp³-hybridized carbons (Fsp3) is 0.462. The molecule has 0 spiro atoms. The molecule has 2 aromatic rings. The summed E-state index contributed by atoms with van der Waals surface area (Å²) >= 11 is 5.75. The largest absolute Gasteiger partial charge is 0.342 e. The van der Waals surface area contributed by atoms with Crippen LogP contribution in [0.1, 0.15) is 13.3 Å². The Hall–Kier alpha value is -1.22. The Balaban J connectivity index is 2.36. The molecule has 1 heterocycles. The minimum Gasteiger partial charge on any atom is -0.342 e. The summed E-state index contributed by atoms with van der Waals surface area (Å²) in [6.07, 6.45) is 0.985. The van der Waals surface area contributed by atoms with E-state index in [9.17, 15) is 0 Å². The maximum Gasteiger partial charge on any atom is 0.206 e. The van der Waals surface area contributed by atoms with E-state index in [1.165, 1.54) is 5.52 Å². The predicted octanol–water partition coefficient (Wildman–Crippen LogP) is 3.03. The van der Waals surface area contributed by atoms with Crippen LogP contribution in [-0.4, -0.2) is 28.5 Å². The van der Waals surface area contributed by atoms with E-state index in [2.05, 4.69) is 34.5 Å². The second kappa shape index (κ2) is 5.41. The standard InChI is InChI=1S/C13H18ClN3/c1-3-17(10-6-9-14)13-15-11-7-4-5-8-12(11)16(13)2/h4-5,7-8H,3,6,9-10H2,1-2H3. The van der Waals surface area contributed by atoms with Gasteiger partial charge >= 0.3 is 0 Å². The van der Waals surface area contributed by atoms with E-state index < -0.39 is 0 Å². The van der Waals surface area contributed by atoms with Crippen LogP contribution in [0.3, 0.4) is 0 Å². The van der Waals surface area contributed by atoms with Crippen LogP contribution >= 0.6 is 11.6 Å². The number of hydrogen-bond acceptors (Lipinski definition) is 2. The molecule has 4 heteroatoms. The van der Waals surface area contributed by atoms with Gasteiger partial charge in [-0.1, -0.05) is 12.1 Å². The zero-order valence-corrected chi connectivity index (χ0v) is 11.1. The minimum atomic E-state index is 0.695. The molecule has 92 valence electrons. The Bertz CT molecular complexity index is 492. The molecule has 0 N–H and O–H groups in total. The van der Waals surface area contributed by atoms with Crippen molar-refractivity contribution < 1.29 is 0 Å². The highest BCUT2D eigenvalue weighted by Gasteiger charge is 2.12. The van der Waals surface area contributed by atoms with Crippen LogP contribution in [0, 0.1) is 0 Å². The first-order valence-electron chi connectivity index (χ1n) is 6.00. The van der Waals surface area contributed by atoms with Crippen molar-refractivity contribution in [3.63, 3.8) is 0 Å². The van der Waals surface area contributed by atoms with Crippen LogP contribution in [0.4, 0.5) is 5.95 Å². The highest BCUT2D eigenvalue weighted by atomic mass is 35.5. The number of rotatable bonds is 5. The highest BCUT2D eigenvalue weighted by Crippen LogP contribution is 2.20. The number of nitrogens with zero attached hydrogens (tertiary/aromatic N) is 3. The third-order valence-electron chi connectivity index (χ3n) is 2.99. The predicted molar refractivity (Wildman–Crippen MR) is 73.9 cm³/mol. The summed E-state index contributed by atoms with van der Waals surface area (Å²) in [7, 11) is 2.06. The molecule has 3 nitrogen and oxygen atoms in total. The molecule has 0 unspecified atom stereocenters. The molecule has 17 heavy (non-hydrogen) atoms. The smallest absolute Gasteiger partial charge is 0.206 e. The van der Waals surface area contributed by atoms with E-state index >= 15 is 0 Å². The first-order valence-corrected chi connectivity index (χ1v) is 6.53. The lowest BCUT2D eigenvalue weighted by atomic mass is 10.3. The molecule has 0 radical (unpaired) electrons. The Kier molecular flexibility index (Phi) is 3.89. The number of para-hydroxylation sites is 2. The molecule has 1 aromatic heterocycles. The topological polar surface area (TPSA) is 21.1 Å². The van der Waals surface area contributed by atoms with E-state index in [4.69, 9.17) is 11.6 Å². The molecule has 1 aromatic carbocycles. The Morgan fingerprint density at radius 1 is 1.35 bits per heavy atom. The van der Waals surface area contributed by atoms with Crippen molar-refractivity contribution in [2.45, 2.75) is 13.3 Å². The van der Waals surface area contributed by atoms with Gasteiger partial charge in [0.2, 0.25) is 5.95 Å². The number of aryl methyl sites for hydroxylation is 1. The number of imidazole rings is 1. The molecular formula is C13H18ClN3. The number of anilines is 1. The average molecular weight is 252 g/mol. The summed E-state index contributed by atoms with van der Waals surface area (Å²) in [4.78, 5) is 6.95. The lowest BCUT2D eigenvalue weighted by molar-refractivity contribution is 0.742. The molecule has 0 amide bonds. The van der Waals surface area contributed by atoms with Gasteiger partial charge in [0.25, 0.3) is 0 Å². The van der Waals surface area contributed by atoms with E-state index in [0.717, 1.165) is 31.0 Å². The third kappa shape index (κ3) is 2.39. The van der Waals surface area contributed by atoms with Crippen LogP contribution in [0.25, 0.3) is 11.0 Å². The van der Waals surface area contributed by atoms with E-state index in [1.807, 2.05) is 18.2 Å². The number of aromatic nitrogens is 2. The number of alkyl halides is 1. The summed E-state index contributed by atoms with van der Waals surface area (Å²) < 4.78 is 2.15. The van der Waals surface area contributed by atoms with Crippen molar-refractivity contribution in [3.05, 3.63) is 24.3 Å². The summed E-state index contributed by atoms with van der Waals surface area (Å²) in [5, 5.41) is 0. The maximum atomic E-state index is 5.75. The van der Waals surface area contributed by atoms with Gasteiger partial charge in [0.05, 0.1) is 11.0 Å². The Morgan fingerprint density at radius 2 is 2.12 bits per heavy atom. The van der Waals surface area contributed by atoms with Crippen LogP contribution in [0.15, 0.2) is 24.3 Å². The number of hydrogen-bond donors (Lipinski definition) is 0. The minimum absolute atomic E-state index is 0.695. The van der Waals surface area contributed by atoms with E-state index in [0.29, 0.717) is 5.88 Å². The molecular weight excluding hydrogens is 234 g/mol. The van der Waals surface area contributed by atoms with Gasteiger partial charge in [0.1, 0.15) is 0 Å². The fourth-order valence-electron chi connectivity index (χ4n) is 2.07. The van der Waals surface area contributed by atoms with Crippen molar-refractivity contribution in [3.8, 4) is 0 Å². The zero-order valence-electron chi connectivity index (χ0n) is 10.4. The lowest BCUT2D eigenvalue weighted by Gasteiger charge is -2.21. The monoisotopic (exact) mass is 251 g/mol. The summed E-state index contributed by atoms with van der Waals surface area (Å²) in [6.45, 7) is 4.05. The normalized spacial score (nSPS) is 11.0. The number of benzene rings is 1. The second-order valence-corrected chi connectivity index (χ2v) is 4.46. The van der Waals surface area contributed by atoms with Crippen molar-refractivity contribution in [2.24, 2.45) is 7.05 Å². The zero-order chi connectivity index (χ0) is 12.3. The van der Waals surface area contributed by atoms with Crippen molar-refractivity contribution >= 4 is 28.6 Å². The summed E-state index contributed by atoms with van der Waals surface area (Å²) in [6, 6.07) is 8.21. The van der Waals surface area contributed by atoms with Crippen LogP contribution in [0.2, 0.25) is 0 Å². The van der Waals surface area contributed by atoms with Crippen molar-refractivity contribution in [1.82, 2.24) is 9.55 Å². The van der Waals surface area contributed by atoms with E-state index in [-0.39, 0.29) is 0 Å². The third-order valence-corrected chi connectivity index (χ3v) is 3.26. The van der Waals surface area contributed by atoms with Gasteiger partial charge in [0, 0.05) is 26.0 Å². The quantitative estimate of drug-likeness (QED) is 0.762. The molecule has 0 bridgehead atoms. The van der Waals surface area contributed by atoms with Gasteiger partial charge < -0.3 is 9.47 Å². The molecule has 0 fully saturated rings. The van der Waals surface area contributed by atoms with Gasteiger partial charge in [-0.15, -0.1) is 11.6 Å². The molecule has 0 aliphatic carbocycles. The number of halogens is 1. The summed E-state index contributed by atoms with van der Waals surface area (Å²) in [5.74, 6) is 1.72. The van der Waals surface area contributed by atoms with Crippen LogP contribution in [0.5, 0.6) is 0 Å². The molecule has 0 saturated carbocycles. The Morgan fingerprint density at radius 3 is 2.76 bits per heavy atom. The van der Waals surface area contributed by atoms with Gasteiger partial charge in [-0.25, -0.2) is 4.98 Å². The second-order valence-electron chi connectivity index (χ2n) is 4.08. The van der Waals surface area contributed by atoms with Crippen molar-refractivity contribution in [1.29, 1.82) is 0 Å². The van der Waals surface area contributed by atoms with Gasteiger partial charge in [-0.05, 0) is 25.5 Å². The summed E-state index contributed by atoms with van der Waals surface area (Å²) in [5.41, 5.74) is 2.22. The average Bonchev–Trinajstić information content (AvgIpc) is 2.69. The SMILES string of the molecule is CCN(CCCCl)c1nc2ccccc2n1C. The highest BCUT2D eigenvalue weighted by molar-refractivity contribution is 6.17. The first-order chi connectivity index (χ1) is 8.27. The van der Waals surface area contributed by atoms with E-state index in [1.54, 1.807) is 0 Å². The molecule has 0 atom stereocenters. The van der Waals surface area contributed by atoms with Crippen LogP contribution in [-0.2, 0) is 7.05 Å².